The summed E-state index contributed by atoms with van der Waals surface area (Å²) in [7, 11) is 0. The Bertz CT molecular complexity index is 923. The van der Waals surface area contributed by atoms with Gasteiger partial charge in [0.15, 0.2) is 11.5 Å². The quantitative estimate of drug-likeness (QED) is 0.554. The maximum atomic E-state index is 10.0. The molecule has 0 atom stereocenters. The average molecular weight is 388 g/mol. The number of aromatic nitrogens is 1. The third-order valence-electron chi connectivity index (χ3n) is 5.38. The average Bonchev–Trinajstić information content (AvgIpc) is 3.03. The third kappa shape index (κ3) is 3.74. The highest BCUT2D eigenvalue weighted by Crippen LogP contribution is 2.36. The number of benzene rings is 1. The Morgan fingerprint density at radius 2 is 1.74 bits per heavy atom. The first-order valence-electron chi connectivity index (χ1n) is 9.69. The lowest BCUT2D eigenvalue weighted by molar-refractivity contribution is 0.367. The second-order valence-corrected chi connectivity index (χ2v) is 8.37. The van der Waals surface area contributed by atoms with Gasteiger partial charge in [0, 0.05) is 10.4 Å². The standard InChI is InChI=1S/C20H25N3O3S/c24-16-11-10-13(18(25)19(16)26)12-21-23-15-8-4-5-9-17(15)27-20(23)22-14-6-2-1-3-7-14/h10-12,14,24-26H,1-9H2/b21-12+,22-20-. The summed E-state index contributed by atoms with van der Waals surface area (Å²) in [5, 5.41) is 33.9. The van der Waals surface area contributed by atoms with E-state index >= 15 is 0 Å². The van der Waals surface area contributed by atoms with Crippen LogP contribution in [0.25, 0.3) is 0 Å². The molecule has 0 unspecified atom stereocenters. The lowest BCUT2D eigenvalue weighted by Gasteiger charge is -2.16. The van der Waals surface area contributed by atoms with Crippen LogP contribution in [0.3, 0.4) is 0 Å². The minimum absolute atomic E-state index is 0.349. The van der Waals surface area contributed by atoms with Crippen molar-refractivity contribution in [3.05, 3.63) is 33.1 Å². The summed E-state index contributed by atoms with van der Waals surface area (Å²) in [6, 6.07) is 3.24. The molecule has 1 heterocycles. The Labute approximate surface area is 162 Å². The minimum Gasteiger partial charge on any atom is -0.504 e. The lowest BCUT2D eigenvalue weighted by atomic mass is 9.96. The maximum Gasteiger partial charge on any atom is 0.206 e. The van der Waals surface area contributed by atoms with Gasteiger partial charge in [-0.1, -0.05) is 30.6 Å². The third-order valence-corrected chi connectivity index (χ3v) is 6.53. The van der Waals surface area contributed by atoms with Crippen LogP contribution in [-0.4, -0.2) is 32.3 Å². The number of thiazole rings is 1. The van der Waals surface area contributed by atoms with E-state index in [0.717, 1.165) is 36.9 Å². The molecule has 0 aliphatic heterocycles. The summed E-state index contributed by atoms with van der Waals surface area (Å²) in [4.78, 5) is 7.28. The van der Waals surface area contributed by atoms with Crippen molar-refractivity contribution in [2.24, 2.45) is 10.1 Å². The van der Waals surface area contributed by atoms with E-state index in [9.17, 15) is 15.3 Å². The predicted molar refractivity (Wildman–Crippen MR) is 106 cm³/mol. The van der Waals surface area contributed by atoms with Crippen LogP contribution in [-0.2, 0) is 12.8 Å². The molecule has 0 bridgehead atoms. The molecule has 7 heteroatoms. The summed E-state index contributed by atoms with van der Waals surface area (Å²) in [5.74, 6) is -1.24. The number of phenols is 3. The number of nitrogens with zero attached hydrogens (tertiary/aromatic N) is 3. The van der Waals surface area contributed by atoms with E-state index in [1.54, 1.807) is 11.3 Å². The molecule has 27 heavy (non-hydrogen) atoms. The topological polar surface area (TPSA) is 90.3 Å². The van der Waals surface area contributed by atoms with E-state index in [1.807, 2.05) is 4.68 Å². The van der Waals surface area contributed by atoms with E-state index in [1.165, 1.54) is 54.6 Å². The molecule has 2 aromatic rings. The first-order chi connectivity index (χ1) is 13.1. The lowest BCUT2D eigenvalue weighted by Crippen LogP contribution is -2.20. The zero-order valence-corrected chi connectivity index (χ0v) is 16.1. The molecule has 1 aromatic carbocycles. The summed E-state index contributed by atoms with van der Waals surface area (Å²) in [6.45, 7) is 0. The molecule has 1 fully saturated rings. The SMILES string of the molecule is Oc1ccc(/C=N/n2c3c(s/c2=N\C2CCCCC2)CCCC3)c(O)c1O. The van der Waals surface area contributed by atoms with Gasteiger partial charge in [-0.15, -0.1) is 0 Å². The van der Waals surface area contributed by atoms with Crippen LogP contribution < -0.4 is 4.80 Å². The zero-order valence-electron chi connectivity index (χ0n) is 15.3. The van der Waals surface area contributed by atoms with Crippen molar-refractivity contribution in [2.75, 3.05) is 0 Å². The highest BCUT2D eigenvalue weighted by atomic mass is 32.1. The van der Waals surface area contributed by atoms with Gasteiger partial charge in [0.1, 0.15) is 0 Å². The minimum atomic E-state index is -0.525. The highest BCUT2D eigenvalue weighted by Gasteiger charge is 2.19. The monoisotopic (exact) mass is 387 g/mol. The largest absolute Gasteiger partial charge is 0.504 e. The Balaban J connectivity index is 1.74. The summed E-state index contributed by atoms with van der Waals surface area (Å²) in [5.41, 5.74) is 1.57. The smallest absolute Gasteiger partial charge is 0.206 e. The molecule has 1 saturated carbocycles. The number of hydrogen-bond acceptors (Lipinski definition) is 6. The first kappa shape index (κ1) is 18.1. The van der Waals surface area contributed by atoms with Gasteiger partial charge in [-0.25, -0.2) is 4.68 Å². The normalized spacial score (nSPS) is 18.9. The van der Waals surface area contributed by atoms with E-state index in [-0.39, 0.29) is 11.5 Å². The van der Waals surface area contributed by atoms with Gasteiger partial charge in [-0.3, -0.25) is 4.99 Å². The van der Waals surface area contributed by atoms with Crippen molar-refractivity contribution in [3.63, 3.8) is 0 Å². The van der Waals surface area contributed by atoms with E-state index in [4.69, 9.17) is 4.99 Å². The van der Waals surface area contributed by atoms with Crippen LogP contribution in [0.1, 0.15) is 61.1 Å². The number of phenolic OH excluding ortho intramolecular Hbond substituents is 3. The molecule has 2 aliphatic rings. The van der Waals surface area contributed by atoms with Crippen LogP contribution in [0, 0.1) is 0 Å². The second-order valence-electron chi connectivity index (χ2n) is 7.31. The second kappa shape index (κ2) is 7.76. The van der Waals surface area contributed by atoms with Crippen molar-refractivity contribution < 1.29 is 15.3 Å². The Morgan fingerprint density at radius 1 is 0.963 bits per heavy atom. The van der Waals surface area contributed by atoms with E-state index < -0.39 is 5.75 Å². The van der Waals surface area contributed by atoms with E-state index in [2.05, 4.69) is 5.10 Å². The van der Waals surface area contributed by atoms with Crippen molar-refractivity contribution >= 4 is 17.6 Å². The Kier molecular flexibility index (Phi) is 5.20. The molecule has 1 aromatic heterocycles. The van der Waals surface area contributed by atoms with Crippen LogP contribution >= 0.6 is 11.3 Å². The van der Waals surface area contributed by atoms with Gasteiger partial charge in [0.2, 0.25) is 10.6 Å². The van der Waals surface area contributed by atoms with Crippen LogP contribution in [0.4, 0.5) is 0 Å². The van der Waals surface area contributed by atoms with Crippen LogP contribution in [0.2, 0.25) is 0 Å². The first-order valence-corrected chi connectivity index (χ1v) is 10.5. The number of aryl methyl sites for hydroxylation is 1. The van der Waals surface area contributed by atoms with Crippen molar-refractivity contribution in [3.8, 4) is 17.2 Å². The summed E-state index contributed by atoms with van der Waals surface area (Å²) >= 11 is 1.73. The van der Waals surface area contributed by atoms with Gasteiger partial charge in [0.05, 0.1) is 18.0 Å². The molecule has 0 saturated heterocycles. The fourth-order valence-corrected chi connectivity index (χ4v) is 5.06. The van der Waals surface area contributed by atoms with Gasteiger partial charge in [-0.2, -0.15) is 5.10 Å². The van der Waals surface area contributed by atoms with Crippen LogP contribution in [0.5, 0.6) is 17.2 Å². The zero-order chi connectivity index (χ0) is 18.8. The Morgan fingerprint density at radius 3 is 2.56 bits per heavy atom. The van der Waals surface area contributed by atoms with Crippen LogP contribution in [0.15, 0.2) is 22.2 Å². The van der Waals surface area contributed by atoms with Gasteiger partial charge in [0.25, 0.3) is 0 Å². The van der Waals surface area contributed by atoms with E-state index in [0.29, 0.717) is 11.6 Å². The van der Waals surface area contributed by atoms with Crippen molar-refractivity contribution in [1.82, 2.24) is 4.68 Å². The van der Waals surface area contributed by atoms with Crippen molar-refractivity contribution in [1.29, 1.82) is 0 Å². The Hall–Kier alpha value is -2.28. The summed E-state index contributed by atoms with van der Waals surface area (Å²) < 4.78 is 1.91. The fourth-order valence-electron chi connectivity index (χ4n) is 3.84. The molecule has 0 spiro atoms. The molecule has 0 amide bonds. The van der Waals surface area contributed by atoms with Gasteiger partial charge in [-0.05, 0) is 50.7 Å². The molecule has 144 valence electrons. The maximum absolute atomic E-state index is 10.0. The fraction of sp³-hybridized carbons (Fsp3) is 0.500. The molecular formula is C20H25N3O3S. The number of hydrogen-bond donors (Lipinski definition) is 3. The summed E-state index contributed by atoms with van der Waals surface area (Å²) in [6.07, 6.45) is 12.0. The molecule has 2 aliphatic carbocycles. The molecule has 0 radical (unpaired) electrons. The number of aromatic hydroxyl groups is 3. The number of rotatable bonds is 3. The predicted octanol–water partition coefficient (Wildman–Crippen LogP) is 3.66. The van der Waals surface area contributed by atoms with Gasteiger partial charge < -0.3 is 15.3 Å². The van der Waals surface area contributed by atoms with Crippen molar-refractivity contribution in [2.45, 2.75) is 63.8 Å². The number of fused-ring (bicyclic) bond motifs is 1. The molecule has 4 rings (SSSR count). The molecule has 6 nitrogen and oxygen atoms in total. The van der Waals surface area contributed by atoms with Gasteiger partial charge >= 0.3 is 0 Å². The molecular weight excluding hydrogens is 362 g/mol. The molecule has 3 N–H and O–H groups in total. The highest BCUT2D eigenvalue weighted by molar-refractivity contribution is 7.09.